The van der Waals surface area contributed by atoms with E-state index in [2.05, 4.69) is 5.32 Å². The van der Waals surface area contributed by atoms with Crippen molar-refractivity contribution in [1.82, 2.24) is 5.32 Å². The smallest absolute Gasteiger partial charge is 0.349 e. The topological polar surface area (TPSA) is 94.8 Å². The van der Waals surface area contributed by atoms with Gasteiger partial charge in [0.2, 0.25) is 0 Å². The fourth-order valence-electron chi connectivity index (χ4n) is 3.74. The van der Waals surface area contributed by atoms with Gasteiger partial charge in [0.25, 0.3) is 5.91 Å². The first-order valence-corrected chi connectivity index (χ1v) is 10.3. The highest BCUT2D eigenvalue weighted by Crippen LogP contribution is 2.23. The Labute approximate surface area is 179 Å². The number of methoxy groups -OCH3 is 1. The van der Waals surface area contributed by atoms with Crippen molar-refractivity contribution in [3.63, 3.8) is 0 Å². The van der Waals surface area contributed by atoms with Gasteiger partial charge in [-0.25, -0.2) is 9.59 Å². The quantitative estimate of drug-likeness (QED) is 0.379. The maximum absolute atomic E-state index is 12.5. The minimum absolute atomic E-state index is 0.0285. The molecule has 0 saturated heterocycles. The van der Waals surface area contributed by atoms with Gasteiger partial charge in [-0.3, -0.25) is 4.79 Å². The lowest BCUT2D eigenvalue weighted by Crippen LogP contribution is -2.38. The van der Waals surface area contributed by atoms with Gasteiger partial charge in [0, 0.05) is 17.5 Å². The summed E-state index contributed by atoms with van der Waals surface area (Å²) in [6.07, 6.45) is 5.18. The van der Waals surface area contributed by atoms with E-state index >= 15 is 0 Å². The molecule has 4 rings (SSSR count). The first-order chi connectivity index (χ1) is 15.0. The van der Waals surface area contributed by atoms with E-state index < -0.39 is 17.5 Å². The molecule has 160 valence electrons. The molecule has 0 radical (unpaired) electrons. The lowest BCUT2D eigenvalue weighted by Gasteiger charge is -2.22. The van der Waals surface area contributed by atoms with E-state index in [9.17, 15) is 14.4 Å². The van der Waals surface area contributed by atoms with Crippen molar-refractivity contribution in [1.29, 1.82) is 0 Å². The number of hydrogen-bond donors (Lipinski definition) is 1. The van der Waals surface area contributed by atoms with Gasteiger partial charge in [-0.1, -0.05) is 25.3 Å². The van der Waals surface area contributed by atoms with Crippen molar-refractivity contribution in [2.75, 3.05) is 7.11 Å². The van der Waals surface area contributed by atoms with Gasteiger partial charge in [0.05, 0.1) is 12.7 Å². The Balaban J connectivity index is 1.53. The van der Waals surface area contributed by atoms with Crippen molar-refractivity contribution in [2.24, 2.45) is 0 Å². The molecular formula is C24H23NO6. The van der Waals surface area contributed by atoms with Gasteiger partial charge >= 0.3 is 11.6 Å². The van der Waals surface area contributed by atoms with Crippen molar-refractivity contribution in [3.05, 3.63) is 70.1 Å². The molecule has 0 bridgehead atoms. The highest BCUT2D eigenvalue weighted by molar-refractivity contribution is 5.97. The van der Waals surface area contributed by atoms with E-state index in [1.807, 2.05) is 0 Å². The Hall–Kier alpha value is -3.61. The van der Waals surface area contributed by atoms with Gasteiger partial charge in [-0.15, -0.1) is 0 Å². The van der Waals surface area contributed by atoms with Crippen LogP contribution in [-0.2, 0) is 0 Å². The number of ether oxygens (including phenoxy) is 2. The second kappa shape index (κ2) is 9.04. The molecule has 1 aliphatic rings. The molecule has 1 N–H and O–H groups in total. The van der Waals surface area contributed by atoms with Crippen LogP contribution >= 0.6 is 0 Å². The van der Waals surface area contributed by atoms with Gasteiger partial charge in [-0.2, -0.15) is 0 Å². The van der Waals surface area contributed by atoms with E-state index in [4.69, 9.17) is 13.9 Å². The summed E-state index contributed by atoms with van der Waals surface area (Å²) in [5, 5.41) is 3.49. The summed E-state index contributed by atoms with van der Waals surface area (Å²) in [5.41, 5.74) is -0.193. The molecule has 7 heteroatoms. The number of fused-ring (bicyclic) bond motifs is 1. The number of nitrogens with one attached hydrogen (secondary N) is 1. The predicted molar refractivity (Wildman–Crippen MR) is 115 cm³/mol. The van der Waals surface area contributed by atoms with Crippen molar-refractivity contribution in [3.8, 4) is 11.5 Å². The lowest BCUT2D eigenvalue weighted by molar-refractivity contribution is 0.0734. The zero-order chi connectivity index (χ0) is 21.8. The number of hydrogen-bond acceptors (Lipinski definition) is 6. The summed E-state index contributed by atoms with van der Waals surface area (Å²) in [4.78, 5) is 37.3. The highest BCUT2D eigenvalue weighted by atomic mass is 16.5. The zero-order valence-electron chi connectivity index (χ0n) is 17.2. The Kier molecular flexibility index (Phi) is 6.02. The number of rotatable bonds is 5. The normalized spacial score (nSPS) is 14.2. The summed E-state index contributed by atoms with van der Waals surface area (Å²) >= 11 is 0. The monoisotopic (exact) mass is 421 g/mol. The summed E-state index contributed by atoms with van der Waals surface area (Å²) in [6.45, 7) is 0. The molecule has 1 aromatic heterocycles. The molecule has 0 spiro atoms. The van der Waals surface area contributed by atoms with Crippen LogP contribution in [0.15, 0.2) is 57.7 Å². The molecule has 1 fully saturated rings. The highest BCUT2D eigenvalue weighted by Gasteiger charge is 2.20. The largest absolute Gasteiger partial charge is 0.497 e. The van der Waals surface area contributed by atoms with Crippen LogP contribution in [0.1, 0.15) is 52.8 Å². The van der Waals surface area contributed by atoms with Crippen LogP contribution in [0, 0.1) is 0 Å². The maximum atomic E-state index is 12.5. The lowest BCUT2D eigenvalue weighted by atomic mass is 9.95. The summed E-state index contributed by atoms with van der Waals surface area (Å²) in [5.74, 6) is -0.221. The average Bonchev–Trinajstić information content (AvgIpc) is 2.79. The van der Waals surface area contributed by atoms with E-state index in [1.165, 1.54) is 25.7 Å². The molecular weight excluding hydrogens is 398 g/mol. The minimum Gasteiger partial charge on any atom is -0.497 e. The SMILES string of the molecule is COc1cccc(C(=O)Oc2ccc3cc(C(=O)NC4CCCCC4)c(=O)oc3c2)c1. The second-order valence-corrected chi connectivity index (χ2v) is 7.58. The predicted octanol–water partition coefficient (Wildman–Crippen LogP) is 4.08. The Morgan fingerprint density at radius 3 is 2.58 bits per heavy atom. The maximum Gasteiger partial charge on any atom is 0.349 e. The summed E-state index contributed by atoms with van der Waals surface area (Å²) in [7, 11) is 1.51. The van der Waals surface area contributed by atoms with Crippen LogP contribution in [0.3, 0.4) is 0 Å². The molecule has 0 aliphatic heterocycles. The minimum atomic E-state index is -0.725. The third-order valence-corrected chi connectivity index (χ3v) is 5.41. The standard InChI is InChI=1S/C24H23NO6/c1-29-18-9-5-6-16(12-18)23(27)30-19-11-10-15-13-20(24(28)31-21(15)14-19)22(26)25-17-7-3-2-4-8-17/h5-6,9-14,17H,2-4,7-8H2,1H3,(H,25,26). The fraction of sp³-hybridized carbons (Fsp3) is 0.292. The zero-order valence-corrected chi connectivity index (χ0v) is 17.2. The molecule has 1 amide bonds. The molecule has 1 aliphatic carbocycles. The number of esters is 1. The van der Waals surface area contributed by atoms with E-state index in [-0.39, 0.29) is 22.9 Å². The Morgan fingerprint density at radius 1 is 1.00 bits per heavy atom. The molecule has 31 heavy (non-hydrogen) atoms. The van der Waals surface area contributed by atoms with Crippen molar-refractivity contribution in [2.45, 2.75) is 38.1 Å². The molecule has 0 unspecified atom stereocenters. The van der Waals surface area contributed by atoms with Crippen LogP contribution in [0.4, 0.5) is 0 Å². The van der Waals surface area contributed by atoms with Crippen LogP contribution < -0.4 is 20.4 Å². The van der Waals surface area contributed by atoms with Crippen LogP contribution in [0.5, 0.6) is 11.5 Å². The third-order valence-electron chi connectivity index (χ3n) is 5.41. The molecule has 1 saturated carbocycles. The van der Waals surface area contributed by atoms with E-state index in [0.29, 0.717) is 16.7 Å². The third kappa shape index (κ3) is 4.77. The number of benzene rings is 2. The number of carbonyl (C=O) groups excluding carboxylic acids is 2. The summed E-state index contributed by atoms with van der Waals surface area (Å²) in [6, 6.07) is 12.9. The first-order valence-electron chi connectivity index (χ1n) is 10.3. The van der Waals surface area contributed by atoms with E-state index in [0.717, 1.165) is 25.7 Å². The molecule has 7 nitrogen and oxygen atoms in total. The van der Waals surface area contributed by atoms with Gasteiger partial charge < -0.3 is 19.2 Å². The Bertz CT molecular complexity index is 1180. The van der Waals surface area contributed by atoms with Crippen molar-refractivity contribution >= 4 is 22.8 Å². The van der Waals surface area contributed by atoms with Crippen LogP contribution in [0.25, 0.3) is 11.0 Å². The molecule has 2 aromatic carbocycles. The number of amides is 1. The average molecular weight is 421 g/mol. The molecule has 1 heterocycles. The van der Waals surface area contributed by atoms with Crippen LogP contribution in [-0.4, -0.2) is 25.0 Å². The Morgan fingerprint density at radius 2 is 1.81 bits per heavy atom. The van der Waals surface area contributed by atoms with Gasteiger partial charge in [-0.05, 0) is 49.2 Å². The first kappa shape index (κ1) is 20.7. The van der Waals surface area contributed by atoms with Crippen molar-refractivity contribution < 1.29 is 23.5 Å². The number of carbonyl (C=O) groups is 2. The van der Waals surface area contributed by atoms with Crippen LogP contribution in [0.2, 0.25) is 0 Å². The fourth-order valence-corrected chi connectivity index (χ4v) is 3.74. The molecule has 3 aromatic rings. The van der Waals surface area contributed by atoms with E-state index in [1.54, 1.807) is 36.4 Å². The van der Waals surface area contributed by atoms with Gasteiger partial charge in [0.15, 0.2) is 0 Å². The van der Waals surface area contributed by atoms with Gasteiger partial charge in [0.1, 0.15) is 22.6 Å². The summed E-state index contributed by atoms with van der Waals surface area (Å²) < 4.78 is 15.8. The molecule has 0 atom stereocenters. The second-order valence-electron chi connectivity index (χ2n) is 7.58.